The van der Waals surface area contributed by atoms with Crippen molar-refractivity contribution in [1.82, 2.24) is 25.5 Å². The summed E-state index contributed by atoms with van der Waals surface area (Å²) in [7, 11) is 3.07. The molecule has 13 heteroatoms. The number of aliphatic carboxylic acids is 1. The van der Waals surface area contributed by atoms with Crippen LogP contribution in [0.5, 0.6) is 11.5 Å². The maximum atomic E-state index is 12.3. The molecular formula is C19H18F3N5O5. The number of benzene rings is 1. The van der Waals surface area contributed by atoms with Gasteiger partial charge in [-0.05, 0) is 24.3 Å². The third-order valence-electron chi connectivity index (χ3n) is 3.74. The Morgan fingerprint density at radius 3 is 2.16 bits per heavy atom. The second-order valence-electron chi connectivity index (χ2n) is 5.93. The molecule has 0 saturated heterocycles. The van der Waals surface area contributed by atoms with Gasteiger partial charge in [-0.1, -0.05) is 0 Å². The molecule has 10 nitrogen and oxygen atoms in total. The zero-order valence-electron chi connectivity index (χ0n) is 16.8. The zero-order valence-corrected chi connectivity index (χ0v) is 16.8. The largest absolute Gasteiger partial charge is 0.497 e. The highest BCUT2D eigenvalue weighted by Crippen LogP contribution is 2.22. The van der Waals surface area contributed by atoms with Gasteiger partial charge in [0.05, 0.1) is 20.8 Å². The smallest absolute Gasteiger partial charge is 0.490 e. The van der Waals surface area contributed by atoms with Crippen molar-refractivity contribution >= 4 is 11.9 Å². The third kappa shape index (κ3) is 6.97. The molecule has 0 fully saturated rings. The van der Waals surface area contributed by atoms with Crippen LogP contribution < -0.4 is 14.8 Å². The van der Waals surface area contributed by atoms with E-state index in [1.165, 1.54) is 14.2 Å². The lowest BCUT2D eigenvalue weighted by molar-refractivity contribution is -0.192. The number of nitrogens with one attached hydrogen (secondary N) is 2. The summed E-state index contributed by atoms with van der Waals surface area (Å²) in [5, 5.41) is 16.9. The van der Waals surface area contributed by atoms with Gasteiger partial charge >= 0.3 is 12.1 Å². The second-order valence-corrected chi connectivity index (χ2v) is 5.93. The van der Waals surface area contributed by atoms with Gasteiger partial charge in [0.2, 0.25) is 0 Å². The number of H-pyrrole nitrogens is 1. The summed E-state index contributed by atoms with van der Waals surface area (Å²) in [4.78, 5) is 29.5. The molecule has 1 aromatic carbocycles. The molecule has 2 aromatic heterocycles. The molecule has 170 valence electrons. The normalized spacial score (nSPS) is 10.5. The van der Waals surface area contributed by atoms with E-state index in [0.29, 0.717) is 28.7 Å². The number of amides is 1. The number of carbonyl (C=O) groups excluding carboxylic acids is 1. The van der Waals surface area contributed by atoms with Gasteiger partial charge in [-0.2, -0.15) is 18.3 Å². The molecule has 3 rings (SSSR count). The van der Waals surface area contributed by atoms with Crippen LogP contribution in [-0.2, 0) is 11.3 Å². The predicted molar refractivity (Wildman–Crippen MR) is 104 cm³/mol. The highest BCUT2D eigenvalue weighted by atomic mass is 19.4. The van der Waals surface area contributed by atoms with Crippen molar-refractivity contribution in [3.63, 3.8) is 0 Å². The van der Waals surface area contributed by atoms with Crippen molar-refractivity contribution in [2.75, 3.05) is 14.2 Å². The Morgan fingerprint density at radius 1 is 1.09 bits per heavy atom. The van der Waals surface area contributed by atoms with E-state index < -0.39 is 12.1 Å². The topological polar surface area (TPSA) is 139 Å². The molecule has 0 radical (unpaired) electrons. The molecule has 0 aliphatic heterocycles. The number of alkyl halides is 3. The van der Waals surface area contributed by atoms with Gasteiger partial charge in [0.25, 0.3) is 5.91 Å². The van der Waals surface area contributed by atoms with E-state index in [9.17, 15) is 18.0 Å². The number of methoxy groups -OCH3 is 2. The van der Waals surface area contributed by atoms with Gasteiger partial charge in [0, 0.05) is 29.6 Å². The van der Waals surface area contributed by atoms with E-state index in [1.807, 2.05) is 12.1 Å². The summed E-state index contributed by atoms with van der Waals surface area (Å²) in [5.74, 6) is -0.829. The molecule has 0 aliphatic carbocycles. The van der Waals surface area contributed by atoms with Crippen LogP contribution in [0.2, 0.25) is 0 Å². The van der Waals surface area contributed by atoms with Crippen LogP contribution in [-0.4, -0.2) is 57.5 Å². The monoisotopic (exact) mass is 453 g/mol. The van der Waals surface area contributed by atoms with Gasteiger partial charge in [-0.25, -0.2) is 9.78 Å². The first-order valence-electron chi connectivity index (χ1n) is 8.77. The summed E-state index contributed by atoms with van der Waals surface area (Å²) >= 11 is 0. The Kier molecular flexibility index (Phi) is 8.10. The number of carboxylic acid groups (broad SMARTS) is 1. The van der Waals surface area contributed by atoms with Gasteiger partial charge < -0.3 is 19.9 Å². The van der Waals surface area contributed by atoms with Crippen molar-refractivity contribution in [2.24, 2.45) is 0 Å². The van der Waals surface area contributed by atoms with E-state index in [2.05, 4.69) is 25.5 Å². The van der Waals surface area contributed by atoms with Crippen LogP contribution in [0.1, 0.15) is 16.2 Å². The van der Waals surface area contributed by atoms with Crippen LogP contribution in [0.4, 0.5) is 13.2 Å². The van der Waals surface area contributed by atoms with E-state index in [-0.39, 0.29) is 12.5 Å². The second kappa shape index (κ2) is 10.7. The fourth-order valence-corrected chi connectivity index (χ4v) is 2.21. The first-order chi connectivity index (χ1) is 15.1. The maximum absolute atomic E-state index is 12.3. The number of ether oxygens (including phenoxy) is 2. The minimum absolute atomic E-state index is 0.219. The average molecular weight is 453 g/mol. The fraction of sp³-hybridized carbons (Fsp3) is 0.211. The Bertz CT molecular complexity index is 1030. The number of hydrogen-bond acceptors (Lipinski definition) is 7. The number of aromatic nitrogens is 4. The molecule has 3 aromatic rings. The standard InChI is InChI=1S/C17H17N5O3.C2HF3O2/c1-24-13-7-12(8-14(9-13)25-2)17(23)19-10-15-20-16(22-21-15)11-3-5-18-6-4-11;3-2(4,5)1(6)7/h3-9H,10H2,1-2H3,(H,19,23)(H,20,21,22);(H,6,7). The number of carboxylic acids is 1. The average Bonchev–Trinajstić information content (AvgIpc) is 3.26. The number of pyridine rings is 1. The molecule has 0 bridgehead atoms. The minimum atomic E-state index is -5.08. The molecule has 0 spiro atoms. The quantitative estimate of drug-likeness (QED) is 0.517. The number of hydrogen-bond donors (Lipinski definition) is 3. The van der Waals surface area contributed by atoms with Crippen molar-refractivity contribution < 1.29 is 37.3 Å². The maximum Gasteiger partial charge on any atom is 0.490 e. The molecule has 1 amide bonds. The zero-order chi connectivity index (χ0) is 23.7. The van der Waals surface area contributed by atoms with Crippen molar-refractivity contribution in [3.8, 4) is 22.9 Å². The Morgan fingerprint density at radius 2 is 1.66 bits per heavy atom. The van der Waals surface area contributed by atoms with Crippen molar-refractivity contribution in [3.05, 3.63) is 54.1 Å². The van der Waals surface area contributed by atoms with Crippen LogP contribution >= 0.6 is 0 Å². The molecule has 0 saturated carbocycles. The number of aromatic amines is 1. The molecule has 0 aliphatic rings. The number of carbonyl (C=O) groups is 2. The number of nitrogens with zero attached hydrogens (tertiary/aromatic N) is 3. The first-order valence-corrected chi connectivity index (χ1v) is 8.77. The summed E-state index contributed by atoms with van der Waals surface area (Å²) < 4.78 is 42.1. The van der Waals surface area contributed by atoms with E-state index >= 15 is 0 Å². The van der Waals surface area contributed by atoms with Crippen LogP contribution in [0.3, 0.4) is 0 Å². The van der Waals surface area contributed by atoms with E-state index in [0.717, 1.165) is 5.56 Å². The molecule has 0 unspecified atom stereocenters. The van der Waals surface area contributed by atoms with Crippen molar-refractivity contribution in [1.29, 1.82) is 0 Å². The Labute approximate surface area is 179 Å². The predicted octanol–water partition coefficient (Wildman–Crippen LogP) is 2.45. The SMILES string of the molecule is COc1cc(OC)cc(C(=O)NCc2nc(-c3ccncc3)n[nH]2)c1.O=C(O)C(F)(F)F. The molecule has 2 heterocycles. The Balaban J connectivity index is 0.000000451. The third-order valence-corrected chi connectivity index (χ3v) is 3.74. The number of rotatable bonds is 6. The highest BCUT2D eigenvalue weighted by Gasteiger charge is 2.38. The Hall–Kier alpha value is -4.16. The van der Waals surface area contributed by atoms with Gasteiger partial charge in [-0.3, -0.25) is 14.9 Å². The molecule has 0 atom stereocenters. The lowest BCUT2D eigenvalue weighted by Crippen LogP contribution is -2.23. The fourth-order valence-electron chi connectivity index (χ4n) is 2.21. The van der Waals surface area contributed by atoms with Crippen LogP contribution in [0.15, 0.2) is 42.7 Å². The first kappa shape index (κ1) is 24.1. The lowest BCUT2D eigenvalue weighted by Gasteiger charge is -2.08. The number of halogens is 3. The highest BCUT2D eigenvalue weighted by molar-refractivity contribution is 5.95. The lowest BCUT2D eigenvalue weighted by atomic mass is 10.2. The minimum Gasteiger partial charge on any atom is -0.497 e. The van der Waals surface area contributed by atoms with Gasteiger partial charge in [-0.15, -0.1) is 0 Å². The summed E-state index contributed by atoms with van der Waals surface area (Å²) in [6.07, 6.45) is -1.74. The van der Waals surface area contributed by atoms with Gasteiger partial charge in [0.1, 0.15) is 17.3 Å². The van der Waals surface area contributed by atoms with Gasteiger partial charge in [0.15, 0.2) is 5.82 Å². The summed E-state index contributed by atoms with van der Waals surface area (Å²) in [6, 6.07) is 8.61. The van der Waals surface area contributed by atoms with Crippen LogP contribution in [0, 0.1) is 0 Å². The molecule has 3 N–H and O–H groups in total. The summed E-state index contributed by atoms with van der Waals surface area (Å²) in [6.45, 7) is 0.219. The molecule has 32 heavy (non-hydrogen) atoms. The van der Waals surface area contributed by atoms with E-state index in [1.54, 1.807) is 30.6 Å². The van der Waals surface area contributed by atoms with Crippen LogP contribution in [0.25, 0.3) is 11.4 Å². The molecular weight excluding hydrogens is 435 g/mol. The van der Waals surface area contributed by atoms with Crippen molar-refractivity contribution in [2.45, 2.75) is 12.7 Å². The van der Waals surface area contributed by atoms with E-state index in [4.69, 9.17) is 19.4 Å². The summed E-state index contributed by atoms with van der Waals surface area (Å²) in [5.41, 5.74) is 1.28.